The first-order chi connectivity index (χ1) is 10.2. The van der Waals surface area contributed by atoms with E-state index in [1.54, 1.807) is 0 Å². The highest BCUT2D eigenvalue weighted by Crippen LogP contribution is 2.34. The predicted molar refractivity (Wildman–Crippen MR) is 88.4 cm³/mol. The Labute approximate surface area is 133 Å². The zero-order valence-electron chi connectivity index (χ0n) is 12.3. The molecular weight excluding hydrogens is 328 g/mol. The van der Waals surface area contributed by atoms with Gasteiger partial charge in [-0.15, -0.1) is 0 Å². The van der Waals surface area contributed by atoms with Crippen molar-refractivity contribution in [3.05, 3.63) is 34.5 Å². The molecule has 0 bridgehead atoms. The van der Waals surface area contributed by atoms with E-state index in [2.05, 4.69) is 45.2 Å². The Kier molecular flexibility index (Phi) is 3.56. The number of piperidine rings is 1. The molecule has 2 aromatic rings. The summed E-state index contributed by atoms with van der Waals surface area (Å²) >= 11 is 3.53. The summed E-state index contributed by atoms with van der Waals surface area (Å²) in [5.74, 6) is 1.90. The lowest BCUT2D eigenvalue weighted by Crippen LogP contribution is -2.40. The van der Waals surface area contributed by atoms with Crippen molar-refractivity contribution in [1.29, 1.82) is 0 Å². The van der Waals surface area contributed by atoms with E-state index in [-0.39, 0.29) is 0 Å². The Morgan fingerprint density at radius 3 is 3.10 bits per heavy atom. The molecule has 4 rings (SSSR count). The molecule has 1 aromatic heterocycles. The molecule has 1 unspecified atom stereocenters. The van der Waals surface area contributed by atoms with Crippen LogP contribution in [0, 0.1) is 5.92 Å². The third kappa shape index (κ3) is 2.54. The van der Waals surface area contributed by atoms with Gasteiger partial charge in [-0.1, -0.05) is 15.9 Å². The number of rotatable bonds is 2. The van der Waals surface area contributed by atoms with Crippen LogP contribution in [-0.4, -0.2) is 30.6 Å². The molecule has 3 heterocycles. The topological polar surface area (TPSA) is 28.4 Å². The molecule has 1 N–H and O–H groups in total. The molecule has 0 radical (unpaired) electrons. The van der Waals surface area contributed by atoms with Gasteiger partial charge in [-0.3, -0.25) is 4.90 Å². The molecule has 112 valence electrons. The number of nitrogens with one attached hydrogen (secondary N) is 1. The van der Waals surface area contributed by atoms with E-state index in [9.17, 15) is 0 Å². The summed E-state index contributed by atoms with van der Waals surface area (Å²) < 4.78 is 7.17. The molecule has 3 nitrogen and oxygen atoms in total. The van der Waals surface area contributed by atoms with Gasteiger partial charge in [0.2, 0.25) is 0 Å². The molecule has 2 aliphatic heterocycles. The summed E-state index contributed by atoms with van der Waals surface area (Å²) in [6.45, 7) is 5.79. The van der Waals surface area contributed by atoms with E-state index >= 15 is 0 Å². The number of halogens is 1. The van der Waals surface area contributed by atoms with Crippen LogP contribution in [0.1, 0.15) is 31.6 Å². The van der Waals surface area contributed by atoms with Gasteiger partial charge in [0.1, 0.15) is 11.3 Å². The lowest BCUT2D eigenvalue weighted by atomic mass is 9.94. The zero-order valence-corrected chi connectivity index (χ0v) is 13.9. The van der Waals surface area contributed by atoms with Gasteiger partial charge in [-0.2, -0.15) is 0 Å². The molecule has 2 saturated heterocycles. The fourth-order valence-electron chi connectivity index (χ4n) is 3.82. The monoisotopic (exact) mass is 348 g/mol. The standard InChI is InChI=1S/C17H21BrN2O/c1-11(20-9-12-3-2-6-19-15(12)10-20)17-8-13-7-14(18)4-5-16(13)21-17/h4-5,7-8,11-12,15,19H,2-3,6,9-10H2,1H3/t11?,12-,15+/m0/s1. The number of nitrogens with zero attached hydrogens (tertiary/aromatic N) is 1. The molecule has 0 aliphatic carbocycles. The quantitative estimate of drug-likeness (QED) is 0.890. The van der Waals surface area contributed by atoms with Crippen LogP contribution in [0.15, 0.2) is 33.2 Å². The van der Waals surface area contributed by atoms with E-state index < -0.39 is 0 Å². The minimum atomic E-state index is 0.351. The predicted octanol–water partition coefficient (Wildman–Crippen LogP) is 3.94. The second-order valence-electron chi connectivity index (χ2n) is 6.42. The van der Waals surface area contributed by atoms with E-state index in [1.165, 1.54) is 31.3 Å². The molecule has 21 heavy (non-hydrogen) atoms. The molecule has 1 aromatic carbocycles. The normalized spacial score (nSPS) is 27.9. The fourth-order valence-corrected chi connectivity index (χ4v) is 4.20. The molecule has 4 heteroatoms. The van der Waals surface area contributed by atoms with Gasteiger partial charge in [0.15, 0.2) is 0 Å². The van der Waals surface area contributed by atoms with E-state index in [0.29, 0.717) is 12.1 Å². The van der Waals surface area contributed by atoms with Crippen LogP contribution in [0.2, 0.25) is 0 Å². The number of benzene rings is 1. The Hall–Kier alpha value is -0.840. The Morgan fingerprint density at radius 1 is 1.33 bits per heavy atom. The summed E-state index contributed by atoms with van der Waals surface area (Å²) in [5, 5.41) is 4.85. The third-order valence-electron chi connectivity index (χ3n) is 5.08. The maximum absolute atomic E-state index is 6.07. The lowest BCUT2D eigenvalue weighted by Gasteiger charge is -2.24. The Balaban J connectivity index is 1.57. The van der Waals surface area contributed by atoms with E-state index in [1.807, 2.05) is 12.1 Å². The van der Waals surface area contributed by atoms with E-state index in [4.69, 9.17) is 4.42 Å². The average molecular weight is 349 g/mol. The SMILES string of the molecule is CC(c1cc2cc(Br)ccc2o1)N1C[C@@H]2CCCN[C@@H]2C1. The smallest absolute Gasteiger partial charge is 0.134 e. The van der Waals surface area contributed by atoms with Crippen LogP contribution in [0.25, 0.3) is 11.0 Å². The highest BCUT2D eigenvalue weighted by molar-refractivity contribution is 9.10. The molecule has 0 saturated carbocycles. The van der Waals surface area contributed by atoms with Crippen molar-refractivity contribution >= 4 is 26.9 Å². The highest BCUT2D eigenvalue weighted by Gasteiger charge is 2.37. The summed E-state index contributed by atoms with van der Waals surface area (Å²) in [7, 11) is 0. The second-order valence-corrected chi connectivity index (χ2v) is 7.34. The van der Waals surface area contributed by atoms with Crippen molar-refractivity contribution < 1.29 is 4.42 Å². The summed E-state index contributed by atoms with van der Waals surface area (Å²) in [5.41, 5.74) is 0.981. The van der Waals surface area contributed by atoms with Crippen LogP contribution in [-0.2, 0) is 0 Å². The molecular formula is C17H21BrN2O. The minimum absolute atomic E-state index is 0.351. The van der Waals surface area contributed by atoms with Gasteiger partial charge in [0, 0.05) is 29.0 Å². The first-order valence-electron chi connectivity index (χ1n) is 7.87. The molecule has 3 atom stereocenters. The first-order valence-corrected chi connectivity index (χ1v) is 8.66. The van der Waals surface area contributed by atoms with Crippen LogP contribution in [0.3, 0.4) is 0 Å². The van der Waals surface area contributed by atoms with Gasteiger partial charge in [-0.25, -0.2) is 0 Å². The van der Waals surface area contributed by atoms with Crippen molar-refractivity contribution in [2.45, 2.75) is 31.8 Å². The first kappa shape index (κ1) is 13.8. The van der Waals surface area contributed by atoms with Crippen molar-refractivity contribution in [3.63, 3.8) is 0 Å². The maximum atomic E-state index is 6.07. The second kappa shape index (κ2) is 5.41. The Morgan fingerprint density at radius 2 is 2.24 bits per heavy atom. The lowest BCUT2D eigenvalue weighted by molar-refractivity contribution is 0.225. The van der Waals surface area contributed by atoms with Crippen LogP contribution in [0.4, 0.5) is 0 Å². The molecule has 2 aliphatic rings. The van der Waals surface area contributed by atoms with Gasteiger partial charge < -0.3 is 9.73 Å². The summed E-state index contributed by atoms with van der Waals surface area (Å²) in [6.07, 6.45) is 2.69. The van der Waals surface area contributed by atoms with Crippen LogP contribution >= 0.6 is 15.9 Å². The maximum Gasteiger partial charge on any atom is 0.134 e. The van der Waals surface area contributed by atoms with Gasteiger partial charge in [0.25, 0.3) is 0 Å². The largest absolute Gasteiger partial charge is 0.459 e. The number of hydrogen-bond acceptors (Lipinski definition) is 3. The number of fused-ring (bicyclic) bond motifs is 2. The van der Waals surface area contributed by atoms with Gasteiger partial charge >= 0.3 is 0 Å². The zero-order chi connectivity index (χ0) is 14.4. The van der Waals surface area contributed by atoms with Crippen molar-refractivity contribution in [1.82, 2.24) is 10.2 Å². The molecule has 0 amide bonds. The Bertz CT molecular complexity index is 639. The van der Waals surface area contributed by atoms with Gasteiger partial charge in [0.05, 0.1) is 6.04 Å². The van der Waals surface area contributed by atoms with Gasteiger partial charge in [-0.05, 0) is 56.5 Å². The van der Waals surface area contributed by atoms with E-state index in [0.717, 1.165) is 28.3 Å². The van der Waals surface area contributed by atoms with Crippen molar-refractivity contribution in [3.8, 4) is 0 Å². The highest BCUT2D eigenvalue weighted by atomic mass is 79.9. The summed E-state index contributed by atoms with van der Waals surface area (Å²) in [6, 6.07) is 9.43. The number of hydrogen-bond donors (Lipinski definition) is 1. The average Bonchev–Trinajstić information content (AvgIpc) is 3.09. The minimum Gasteiger partial charge on any atom is -0.459 e. The third-order valence-corrected chi connectivity index (χ3v) is 5.58. The fraction of sp³-hybridized carbons (Fsp3) is 0.529. The number of furan rings is 1. The summed E-state index contributed by atoms with van der Waals surface area (Å²) in [4.78, 5) is 2.57. The number of likely N-dealkylation sites (tertiary alicyclic amines) is 1. The van der Waals surface area contributed by atoms with Crippen molar-refractivity contribution in [2.75, 3.05) is 19.6 Å². The molecule has 0 spiro atoms. The van der Waals surface area contributed by atoms with Crippen molar-refractivity contribution in [2.24, 2.45) is 5.92 Å². The molecule has 2 fully saturated rings. The van der Waals surface area contributed by atoms with Crippen LogP contribution in [0.5, 0.6) is 0 Å². The van der Waals surface area contributed by atoms with Crippen LogP contribution < -0.4 is 5.32 Å².